The zero-order chi connectivity index (χ0) is 15.8. The summed E-state index contributed by atoms with van der Waals surface area (Å²) in [6, 6.07) is 0. The lowest BCUT2D eigenvalue weighted by atomic mass is 10.1. The van der Waals surface area contributed by atoms with Crippen molar-refractivity contribution >= 4 is 0 Å². The van der Waals surface area contributed by atoms with Gasteiger partial charge in [0.15, 0.2) is 0 Å². The van der Waals surface area contributed by atoms with Crippen LogP contribution in [-0.2, 0) is 4.74 Å². The maximum Gasteiger partial charge on any atom is 0.459 e. The van der Waals surface area contributed by atoms with Crippen molar-refractivity contribution in [2.24, 2.45) is 0 Å². The summed E-state index contributed by atoms with van der Waals surface area (Å²) in [6.45, 7) is -2.18. The molecule has 0 N–H and O–H groups in total. The average molecular weight is 317 g/mol. The molecule has 1 rings (SSSR count). The van der Waals surface area contributed by atoms with Crippen molar-refractivity contribution in [1.29, 1.82) is 0 Å². The minimum absolute atomic E-state index is 0.000185. The van der Waals surface area contributed by atoms with Crippen LogP contribution in [0.5, 0.6) is 0 Å². The Kier molecular flexibility index (Phi) is 4.52. The van der Waals surface area contributed by atoms with Crippen LogP contribution >= 0.6 is 0 Å². The molecular formula is C9H8F9NO. The van der Waals surface area contributed by atoms with E-state index in [1.54, 1.807) is 0 Å². The summed E-state index contributed by atoms with van der Waals surface area (Å²) in [7, 11) is 0. The van der Waals surface area contributed by atoms with E-state index in [9.17, 15) is 39.5 Å². The lowest BCUT2D eigenvalue weighted by Crippen LogP contribution is -2.49. The van der Waals surface area contributed by atoms with Crippen LogP contribution in [0.3, 0.4) is 0 Å². The molecule has 0 spiro atoms. The average Bonchev–Trinajstić information content (AvgIpc) is 2.27. The zero-order valence-corrected chi connectivity index (χ0v) is 9.59. The van der Waals surface area contributed by atoms with Gasteiger partial charge in [0.05, 0.1) is 13.2 Å². The van der Waals surface area contributed by atoms with Gasteiger partial charge in [-0.15, -0.1) is 0 Å². The quantitative estimate of drug-likeness (QED) is 0.725. The fraction of sp³-hybridized carbons (Fsp3) is 0.778. The lowest BCUT2D eigenvalue weighted by Gasteiger charge is -2.35. The van der Waals surface area contributed by atoms with Gasteiger partial charge in [-0.2, -0.15) is 39.5 Å². The van der Waals surface area contributed by atoms with Crippen molar-refractivity contribution in [3.63, 3.8) is 0 Å². The summed E-state index contributed by atoms with van der Waals surface area (Å²) in [5.74, 6) is -9.41. The number of nitrogens with zero attached hydrogens (tertiary/aromatic N) is 1. The molecule has 11 heteroatoms. The van der Waals surface area contributed by atoms with E-state index in [-0.39, 0.29) is 18.1 Å². The summed E-state index contributed by atoms with van der Waals surface area (Å²) in [6.07, 6.45) is -12.3. The number of hydrogen-bond donors (Lipinski definition) is 0. The molecular weight excluding hydrogens is 309 g/mol. The second-order valence-corrected chi connectivity index (χ2v) is 3.83. The van der Waals surface area contributed by atoms with Crippen molar-refractivity contribution in [3.05, 3.63) is 11.5 Å². The van der Waals surface area contributed by atoms with Crippen molar-refractivity contribution in [3.8, 4) is 0 Å². The Morgan fingerprint density at radius 1 is 0.850 bits per heavy atom. The number of alkyl halides is 8. The van der Waals surface area contributed by atoms with Crippen LogP contribution in [0.4, 0.5) is 39.5 Å². The predicted octanol–water partition coefficient (Wildman–Crippen LogP) is 3.26. The van der Waals surface area contributed by atoms with E-state index >= 15 is 0 Å². The Balaban J connectivity index is 3.35. The molecule has 0 bridgehead atoms. The Labute approximate surface area is 106 Å². The van der Waals surface area contributed by atoms with Crippen molar-refractivity contribution < 1.29 is 44.3 Å². The smallest absolute Gasteiger partial charge is 0.378 e. The Hall–Kier alpha value is -1.13. The first kappa shape index (κ1) is 16.9. The summed E-state index contributed by atoms with van der Waals surface area (Å²) < 4.78 is 117. The van der Waals surface area contributed by atoms with E-state index in [4.69, 9.17) is 0 Å². The topological polar surface area (TPSA) is 12.5 Å². The van der Waals surface area contributed by atoms with Crippen LogP contribution in [-0.4, -0.2) is 49.5 Å². The van der Waals surface area contributed by atoms with Crippen molar-refractivity contribution in [2.75, 3.05) is 26.3 Å². The molecule has 0 amide bonds. The van der Waals surface area contributed by atoms with E-state index in [1.165, 1.54) is 0 Å². The first-order valence-corrected chi connectivity index (χ1v) is 5.13. The monoisotopic (exact) mass is 317 g/mol. The molecule has 0 aromatic carbocycles. The maximum atomic E-state index is 13.2. The zero-order valence-electron chi connectivity index (χ0n) is 9.59. The number of hydrogen-bond acceptors (Lipinski definition) is 2. The highest BCUT2D eigenvalue weighted by Gasteiger charge is 2.64. The van der Waals surface area contributed by atoms with Crippen LogP contribution in [0.1, 0.15) is 0 Å². The van der Waals surface area contributed by atoms with E-state index in [0.717, 1.165) is 0 Å². The summed E-state index contributed by atoms with van der Waals surface area (Å²) in [5, 5.41) is 0. The molecule has 1 heterocycles. The highest BCUT2D eigenvalue weighted by molar-refractivity contribution is 5.22. The standard InChI is InChI=1S/C9H8F9NO/c10-5(8(13,14)15)6(7(11,12)9(16,17)18)19-1-3-20-4-2-19/h1-4H2/b6-5+. The van der Waals surface area contributed by atoms with Gasteiger partial charge in [-0.05, 0) is 0 Å². The summed E-state index contributed by atoms with van der Waals surface area (Å²) in [4.78, 5) is -0.000185. The third kappa shape index (κ3) is 3.30. The molecule has 0 aromatic rings. The molecule has 0 radical (unpaired) electrons. The van der Waals surface area contributed by atoms with Crippen LogP contribution in [0.15, 0.2) is 11.5 Å². The minimum atomic E-state index is -6.34. The summed E-state index contributed by atoms with van der Waals surface area (Å²) >= 11 is 0. The first-order chi connectivity index (χ1) is 8.89. The molecule has 0 saturated carbocycles. The number of ether oxygens (including phenoxy) is 1. The second kappa shape index (κ2) is 5.34. The first-order valence-electron chi connectivity index (χ1n) is 5.13. The Morgan fingerprint density at radius 3 is 1.65 bits per heavy atom. The minimum Gasteiger partial charge on any atom is -0.378 e. The number of allylic oxidation sites excluding steroid dienone is 2. The van der Waals surface area contributed by atoms with Gasteiger partial charge in [0.1, 0.15) is 5.70 Å². The van der Waals surface area contributed by atoms with Gasteiger partial charge in [-0.3, -0.25) is 0 Å². The SMILES string of the molecule is F/C(=C(/N1CCOCC1)C(F)(F)C(F)(F)F)C(F)(F)F. The van der Waals surface area contributed by atoms with E-state index in [1.807, 2.05) is 0 Å². The molecule has 1 aliphatic rings. The van der Waals surface area contributed by atoms with E-state index in [0.29, 0.717) is 0 Å². The third-order valence-electron chi connectivity index (χ3n) is 2.44. The molecule has 20 heavy (non-hydrogen) atoms. The highest BCUT2D eigenvalue weighted by Crippen LogP contribution is 2.46. The molecule has 0 aromatic heterocycles. The molecule has 1 saturated heterocycles. The van der Waals surface area contributed by atoms with E-state index in [2.05, 4.69) is 4.74 Å². The molecule has 0 unspecified atom stereocenters. The normalized spacial score (nSPS) is 19.9. The van der Waals surface area contributed by atoms with Gasteiger partial charge in [-0.25, -0.2) is 0 Å². The van der Waals surface area contributed by atoms with Gasteiger partial charge in [-0.1, -0.05) is 0 Å². The largest absolute Gasteiger partial charge is 0.459 e. The fourth-order valence-corrected chi connectivity index (χ4v) is 1.53. The van der Waals surface area contributed by atoms with Crippen molar-refractivity contribution in [2.45, 2.75) is 18.3 Å². The molecule has 118 valence electrons. The fourth-order valence-electron chi connectivity index (χ4n) is 1.53. The molecule has 0 aliphatic carbocycles. The van der Waals surface area contributed by atoms with Crippen LogP contribution in [0, 0.1) is 0 Å². The van der Waals surface area contributed by atoms with Crippen molar-refractivity contribution in [1.82, 2.24) is 4.90 Å². The number of morpholine rings is 1. The molecule has 1 fully saturated rings. The van der Waals surface area contributed by atoms with Crippen LogP contribution in [0.25, 0.3) is 0 Å². The Morgan fingerprint density at radius 2 is 1.30 bits per heavy atom. The molecule has 1 aliphatic heterocycles. The van der Waals surface area contributed by atoms with Gasteiger partial charge >= 0.3 is 18.3 Å². The Bertz CT molecular complexity index is 378. The second-order valence-electron chi connectivity index (χ2n) is 3.83. The predicted molar refractivity (Wildman–Crippen MR) is 47.6 cm³/mol. The molecule has 0 atom stereocenters. The van der Waals surface area contributed by atoms with Gasteiger partial charge in [0.2, 0.25) is 5.83 Å². The number of halogens is 9. The van der Waals surface area contributed by atoms with Crippen LogP contribution in [0.2, 0.25) is 0 Å². The van der Waals surface area contributed by atoms with Gasteiger partial charge in [0.25, 0.3) is 0 Å². The maximum absolute atomic E-state index is 13.2. The third-order valence-corrected chi connectivity index (χ3v) is 2.44. The lowest BCUT2D eigenvalue weighted by molar-refractivity contribution is -0.274. The van der Waals surface area contributed by atoms with E-state index < -0.39 is 42.9 Å². The number of rotatable bonds is 2. The summed E-state index contributed by atoms with van der Waals surface area (Å²) in [5.41, 5.74) is -2.72. The van der Waals surface area contributed by atoms with Crippen LogP contribution < -0.4 is 0 Å². The van der Waals surface area contributed by atoms with Gasteiger partial charge < -0.3 is 9.64 Å². The highest BCUT2D eigenvalue weighted by atomic mass is 19.4. The molecule has 2 nitrogen and oxygen atoms in total. The van der Waals surface area contributed by atoms with Gasteiger partial charge in [0, 0.05) is 13.1 Å².